The van der Waals surface area contributed by atoms with Crippen molar-refractivity contribution in [1.82, 2.24) is 0 Å². The second kappa shape index (κ2) is 3.88. The summed E-state index contributed by atoms with van der Waals surface area (Å²) in [5, 5.41) is 8.52. The second-order valence-electron chi connectivity index (χ2n) is 2.70. The number of benzene rings is 1. The van der Waals surface area contributed by atoms with Crippen molar-refractivity contribution in [2.24, 2.45) is 0 Å². The van der Waals surface area contributed by atoms with Crippen LogP contribution in [0, 0.1) is 24.1 Å². The number of hydrogen-bond donors (Lipinski definition) is 0. The van der Waals surface area contributed by atoms with Crippen LogP contribution in [0.4, 0.5) is 4.39 Å². The third kappa shape index (κ3) is 1.57. The second-order valence-corrected chi connectivity index (χ2v) is 2.70. The summed E-state index contributed by atoms with van der Waals surface area (Å²) in [5.74, 6) is -1.28. The third-order valence-corrected chi connectivity index (χ3v) is 1.91. The predicted octanol–water partition coefficient (Wildman–Crippen LogP) is 1.79. The molecule has 0 aliphatic heterocycles. The maximum Gasteiger partial charge on any atom is 0.338 e. The molecule has 0 heterocycles. The van der Waals surface area contributed by atoms with E-state index in [1.165, 1.54) is 26.2 Å². The zero-order valence-electron chi connectivity index (χ0n) is 7.80. The Hall–Kier alpha value is -1.89. The van der Waals surface area contributed by atoms with Crippen molar-refractivity contribution in [2.45, 2.75) is 6.92 Å². The van der Waals surface area contributed by atoms with Gasteiger partial charge in [-0.1, -0.05) is 0 Å². The van der Waals surface area contributed by atoms with Gasteiger partial charge in [0.05, 0.1) is 18.2 Å². The van der Waals surface area contributed by atoms with Crippen LogP contribution < -0.4 is 0 Å². The average molecular weight is 193 g/mol. The molecule has 0 spiro atoms. The largest absolute Gasteiger partial charge is 0.465 e. The maximum atomic E-state index is 13.3. The molecule has 0 atom stereocenters. The number of hydrogen-bond acceptors (Lipinski definition) is 3. The minimum atomic E-state index is -0.671. The fourth-order valence-electron chi connectivity index (χ4n) is 1.10. The van der Waals surface area contributed by atoms with Crippen LogP contribution in [0.15, 0.2) is 12.1 Å². The van der Waals surface area contributed by atoms with Crippen LogP contribution in [0.25, 0.3) is 0 Å². The summed E-state index contributed by atoms with van der Waals surface area (Å²) in [7, 11) is 1.22. The minimum absolute atomic E-state index is 0.0739. The first kappa shape index (κ1) is 10.2. The first-order valence-electron chi connectivity index (χ1n) is 3.89. The number of carbonyl (C=O) groups excluding carboxylic acids is 1. The van der Waals surface area contributed by atoms with Crippen molar-refractivity contribution in [2.75, 3.05) is 7.11 Å². The van der Waals surface area contributed by atoms with Gasteiger partial charge in [-0.15, -0.1) is 0 Å². The van der Waals surface area contributed by atoms with E-state index in [0.29, 0.717) is 0 Å². The average Bonchev–Trinajstić information content (AvgIpc) is 2.21. The van der Waals surface area contributed by atoms with Crippen LogP contribution in [0.5, 0.6) is 0 Å². The van der Waals surface area contributed by atoms with E-state index >= 15 is 0 Å². The lowest BCUT2D eigenvalue weighted by Crippen LogP contribution is -2.06. The summed E-state index contributed by atoms with van der Waals surface area (Å²) in [4.78, 5) is 11.1. The number of ether oxygens (including phenoxy) is 1. The molecular formula is C10H8FNO2. The Bertz CT molecular complexity index is 421. The van der Waals surface area contributed by atoms with Crippen LogP contribution in [-0.4, -0.2) is 13.1 Å². The van der Waals surface area contributed by atoms with E-state index in [2.05, 4.69) is 4.74 Å². The number of nitriles is 1. The summed E-state index contributed by atoms with van der Waals surface area (Å²) >= 11 is 0. The molecule has 0 fully saturated rings. The Morgan fingerprint density at radius 1 is 1.57 bits per heavy atom. The van der Waals surface area contributed by atoms with Crippen LogP contribution >= 0.6 is 0 Å². The molecule has 0 aliphatic rings. The zero-order chi connectivity index (χ0) is 10.7. The third-order valence-electron chi connectivity index (χ3n) is 1.91. The topological polar surface area (TPSA) is 50.1 Å². The van der Waals surface area contributed by atoms with Gasteiger partial charge in [-0.25, -0.2) is 9.18 Å². The summed E-state index contributed by atoms with van der Waals surface area (Å²) < 4.78 is 17.8. The van der Waals surface area contributed by atoms with Crippen molar-refractivity contribution < 1.29 is 13.9 Å². The van der Waals surface area contributed by atoms with Crippen LogP contribution in [-0.2, 0) is 4.74 Å². The zero-order valence-corrected chi connectivity index (χ0v) is 7.80. The summed E-state index contributed by atoms with van der Waals surface area (Å²) in [6.07, 6.45) is 0. The molecule has 0 aliphatic carbocycles. The van der Waals surface area contributed by atoms with Gasteiger partial charge in [-0.05, 0) is 19.1 Å². The van der Waals surface area contributed by atoms with Crippen molar-refractivity contribution in [3.05, 3.63) is 34.6 Å². The smallest absolute Gasteiger partial charge is 0.338 e. The van der Waals surface area contributed by atoms with E-state index in [1.54, 1.807) is 6.07 Å². The molecule has 0 bridgehead atoms. The van der Waals surface area contributed by atoms with E-state index < -0.39 is 11.8 Å². The van der Waals surface area contributed by atoms with E-state index in [-0.39, 0.29) is 16.7 Å². The molecule has 0 N–H and O–H groups in total. The molecule has 0 saturated carbocycles. The van der Waals surface area contributed by atoms with E-state index in [4.69, 9.17) is 5.26 Å². The molecule has 1 aromatic carbocycles. The molecule has 1 rings (SSSR count). The summed E-state index contributed by atoms with van der Waals surface area (Å²) in [6.45, 7) is 1.43. The van der Waals surface area contributed by atoms with Gasteiger partial charge < -0.3 is 4.74 Å². The van der Waals surface area contributed by atoms with Crippen molar-refractivity contribution in [3.8, 4) is 6.07 Å². The summed E-state index contributed by atoms with van der Waals surface area (Å²) in [5.41, 5.74) is 0.204. The molecular weight excluding hydrogens is 185 g/mol. The molecule has 0 saturated heterocycles. The van der Waals surface area contributed by atoms with Crippen molar-refractivity contribution in [1.29, 1.82) is 5.26 Å². The predicted molar refractivity (Wildman–Crippen MR) is 47.2 cm³/mol. The maximum absolute atomic E-state index is 13.3. The number of nitrogens with zero attached hydrogens (tertiary/aromatic N) is 1. The molecule has 3 nitrogen and oxygen atoms in total. The number of carbonyl (C=O) groups is 1. The van der Waals surface area contributed by atoms with Gasteiger partial charge in [0, 0.05) is 5.56 Å². The van der Waals surface area contributed by atoms with Crippen molar-refractivity contribution >= 4 is 5.97 Å². The fourth-order valence-corrected chi connectivity index (χ4v) is 1.10. The Morgan fingerprint density at radius 3 is 2.71 bits per heavy atom. The highest BCUT2D eigenvalue weighted by atomic mass is 19.1. The molecule has 0 unspecified atom stereocenters. The van der Waals surface area contributed by atoms with Gasteiger partial charge in [-0.3, -0.25) is 0 Å². The Kier molecular flexibility index (Phi) is 2.82. The molecule has 1 aromatic rings. The Balaban J connectivity index is 3.33. The quantitative estimate of drug-likeness (QED) is 0.639. The highest BCUT2D eigenvalue weighted by Gasteiger charge is 2.14. The first-order valence-corrected chi connectivity index (χ1v) is 3.89. The number of esters is 1. The van der Waals surface area contributed by atoms with Gasteiger partial charge in [-0.2, -0.15) is 5.26 Å². The van der Waals surface area contributed by atoms with E-state index in [0.717, 1.165) is 0 Å². The van der Waals surface area contributed by atoms with Gasteiger partial charge in [0.15, 0.2) is 0 Å². The lowest BCUT2D eigenvalue weighted by Gasteiger charge is -2.04. The van der Waals surface area contributed by atoms with Crippen LogP contribution in [0.3, 0.4) is 0 Å². The van der Waals surface area contributed by atoms with Gasteiger partial charge in [0.1, 0.15) is 11.9 Å². The SMILES string of the molecule is COC(=O)c1ccc(C#N)c(F)c1C. The highest BCUT2D eigenvalue weighted by molar-refractivity contribution is 5.91. The van der Waals surface area contributed by atoms with Crippen LogP contribution in [0.2, 0.25) is 0 Å². The number of methoxy groups -OCH3 is 1. The Morgan fingerprint density at radius 2 is 2.21 bits per heavy atom. The molecule has 0 aromatic heterocycles. The standard InChI is InChI=1S/C10H8FNO2/c1-6-8(10(13)14-2)4-3-7(5-12)9(6)11/h3-4H,1-2H3. The molecule has 4 heteroatoms. The number of halogens is 1. The molecule has 14 heavy (non-hydrogen) atoms. The molecule has 0 amide bonds. The lowest BCUT2D eigenvalue weighted by atomic mass is 10.0. The normalized spacial score (nSPS) is 9.29. The number of rotatable bonds is 1. The van der Waals surface area contributed by atoms with E-state index in [9.17, 15) is 9.18 Å². The Labute approximate surface area is 80.7 Å². The van der Waals surface area contributed by atoms with Gasteiger partial charge in [0.2, 0.25) is 0 Å². The van der Waals surface area contributed by atoms with Gasteiger partial charge >= 0.3 is 5.97 Å². The molecule has 0 radical (unpaired) electrons. The monoisotopic (exact) mass is 193 g/mol. The molecule has 72 valence electrons. The van der Waals surface area contributed by atoms with Crippen LogP contribution in [0.1, 0.15) is 21.5 Å². The fraction of sp³-hybridized carbons (Fsp3) is 0.200. The first-order chi connectivity index (χ1) is 6.61. The lowest BCUT2D eigenvalue weighted by molar-refractivity contribution is 0.0599. The van der Waals surface area contributed by atoms with E-state index in [1.807, 2.05) is 0 Å². The van der Waals surface area contributed by atoms with Crippen molar-refractivity contribution in [3.63, 3.8) is 0 Å². The summed E-state index contributed by atoms with van der Waals surface area (Å²) in [6, 6.07) is 4.33. The highest BCUT2D eigenvalue weighted by Crippen LogP contribution is 2.16. The van der Waals surface area contributed by atoms with Gasteiger partial charge in [0.25, 0.3) is 0 Å². The minimum Gasteiger partial charge on any atom is -0.465 e.